The van der Waals surface area contributed by atoms with Crippen LogP contribution in [0.3, 0.4) is 0 Å². The summed E-state index contributed by atoms with van der Waals surface area (Å²) in [5, 5.41) is 9.66. The molecule has 0 amide bonds. The first-order chi connectivity index (χ1) is 18.0. The number of carboxylic acids is 1. The summed E-state index contributed by atoms with van der Waals surface area (Å²) in [6, 6.07) is 7.94. The van der Waals surface area contributed by atoms with E-state index >= 15 is 0 Å². The number of hydrogen-bond donors (Lipinski definition) is 1. The Morgan fingerprint density at radius 1 is 1.16 bits per heavy atom. The molecule has 2 unspecified atom stereocenters. The molecule has 5 rings (SSSR count). The smallest absolute Gasteiger partial charge is 0.418 e. The average molecular weight is 533 g/mol. The number of methoxy groups -OCH3 is 1. The largest absolute Gasteiger partial charge is 0.487 e. The summed E-state index contributed by atoms with van der Waals surface area (Å²) in [4.78, 5) is 18.0. The van der Waals surface area contributed by atoms with Gasteiger partial charge in [-0.2, -0.15) is 13.2 Å². The van der Waals surface area contributed by atoms with Crippen LogP contribution in [0, 0.1) is 11.8 Å². The van der Waals surface area contributed by atoms with Gasteiger partial charge in [0.15, 0.2) is 0 Å². The Bertz CT molecular complexity index is 1190. The first-order valence-corrected chi connectivity index (χ1v) is 13.4. The quantitative estimate of drug-likeness (QED) is 0.455. The van der Waals surface area contributed by atoms with Gasteiger partial charge in [0.05, 0.1) is 24.3 Å². The highest BCUT2D eigenvalue weighted by atomic mass is 19.4. The predicted octanol–water partition coefficient (Wildman–Crippen LogP) is 6.24. The second kappa shape index (κ2) is 10.1. The molecule has 1 N–H and O–H groups in total. The monoisotopic (exact) mass is 532 g/mol. The molecule has 0 bridgehead atoms. The lowest BCUT2D eigenvalue weighted by molar-refractivity contribution is -0.142. The molecule has 1 saturated heterocycles. The lowest BCUT2D eigenvalue weighted by Crippen LogP contribution is -2.50. The fourth-order valence-electron chi connectivity index (χ4n) is 6.28. The number of fused-ring (bicyclic) bond motifs is 1. The van der Waals surface area contributed by atoms with Crippen molar-refractivity contribution in [2.75, 3.05) is 20.2 Å². The van der Waals surface area contributed by atoms with E-state index in [1.807, 2.05) is 11.0 Å². The van der Waals surface area contributed by atoms with E-state index in [1.165, 1.54) is 13.2 Å². The number of benzene rings is 1. The number of carbonyl (C=O) groups is 1. The van der Waals surface area contributed by atoms with E-state index in [1.54, 1.807) is 13.8 Å². The van der Waals surface area contributed by atoms with Gasteiger partial charge in [0.25, 0.3) is 0 Å². The molecular weight excluding hydrogens is 497 g/mol. The fourth-order valence-corrected chi connectivity index (χ4v) is 6.28. The third-order valence-electron chi connectivity index (χ3n) is 8.78. The highest BCUT2D eigenvalue weighted by Crippen LogP contribution is 2.49. The Balaban J connectivity index is 1.32. The van der Waals surface area contributed by atoms with Gasteiger partial charge in [-0.05, 0) is 80.5 Å². The first-order valence-electron chi connectivity index (χ1n) is 13.4. The van der Waals surface area contributed by atoms with Crippen LogP contribution < -0.4 is 9.47 Å². The van der Waals surface area contributed by atoms with Crippen molar-refractivity contribution in [1.29, 1.82) is 0 Å². The number of rotatable bonds is 7. The predicted molar refractivity (Wildman–Crippen MR) is 135 cm³/mol. The Morgan fingerprint density at radius 3 is 2.47 bits per heavy atom. The van der Waals surface area contributed by atoms with Crippen molar-refractivity contribution in [2.24, 2.45) is 11.8 Å². The Kier molecular flexibility index (Phi) is 7.09. The molecular formula is C29H35F3N2O4. The van der Waals surface area contributed by atoms with Crippen LogP contribution in [0.25, 0.3) is 0 Å². The number of pyridine rings is 1. The van der Waals surface area contributed by atoms with E-state index in [-0.39, 0.29) is 23.1 Å². The van der Waals surface area contributed by atoms with Gasteiger partial charge in [0.2, 0.25) is 5.88 Å². The lowest BCUT2D eigenvalue weighted by Gasteiger charge is -2.46. The standard InChI is InChI=1S/C29H35F3N2O4/c1-17(27(35)36)25(20-5-6-20)21-7-4-19-10-11-28(38-23(19)16-21)12-14-34(15-13-28)18(2)26-22(29(30,31)32)8-9-24(33-26)37-3/h4,7-9,16-18,20,25H,5-6,10-15H2,1-3H3,(H,35,36)/t17-,18?,25?/m0/s1. The fraction of sp³-hybridized carbons (Fsp3) is 0.586. The lowest BCUT2D eigenvalue weighted by atomic mass is 9.80. The molecule has 3 atom stereocenters. The maximum atomic E-state index is 13.7. The van der Waals surface area contributed by atoms with E-state index < -0.39 is 29.7 Å². The molecule has 0 radical (unpaired) electrons. The van der Waals surface area contributed by atoms with E-state index in [4.69, 9.17) is 9.47 Å². The molecule has 1 saturated carbocycles. The van der Waals surface area contributed by atoms with Crippen LogP contribution >= 0.6 is 0 Å². The van der Waals surface area contributed by atoms with E-state index in [0.29, 0.717) is 31.8 Å². The van der Waals surface area contributed by atoms with Gasteiger partial charge in [0.1, 0.15) is 11.4 Å². The van der Waals surface area contributed by atoms with Crippen LogP contribution in [-0.4, -0.2) is 46.8 Å². The molecule has 2 fully saturated rings. The SMILES string of the molecule is COc1ccc(C(F)(F)F)c(C(C)N2CCC3(CCc4ccc(C(C5CC5)[C@H](C)C(=O)O)cc4O3)CC2)n1. The average Bonchev–Trinajstić information content (AvgIpc) is 3.73. The van der Waals surface area contributed by atoms with Crippen LogP contribution in [0.5, 0.6) is 11.6 Å². The Morgan fingerprint density at radius 2 is 1.87 bits per heavy atom. The Labute approximate surface area is 221 Å². The number of alkyl halides is 3. The topological polar surface area (TPSA) is 71.9 Å². The minimum Gasteiger partial charge on any atom is -0.487 e. The third-order valence-corrected chi connectivity index (χ3v) is 8.78. The summed E-state index contributed by atoms with van der Waals surface area (Å²) >= 11 is 0. The molecule has 206 valence electrons. The number of likely N-dealkylation sites (tertiary alicyclic amines) is 1. The molecule has 1 aromatic heterocycles. The summed E-state index contributed by atoms with van der Waals surface area (Å²) < 4.78 is 52.9. The summed E-state index contributed by atoms with van der Waals surface area (Å²) in [5.41, 5.74) is 1.02. The number of aromatic nitrogens is 1. The summed E-state index contributed by atoms with van der Waals surface area (Å²) in [5.74, 6) is 0.117. The zero-order chi connectivity index (χ0) is 27.2. The normalized spacial score (nSPS) is 21.7. The zero-order valence-corrected chi connectivity index (χ0v) is 22.1. The number of nitrogens with zero attached hydrogens (tertiary/aromatic N) is 2. The summed E-state index contributed by atoms with van der Waals surface area (Å²) in [7, 11) is 1.40. The number of aliphatic carboxylic acids is 1. The number of ether oxygens (including phenoxy) is 2. The molecule has 3 heterocycles. The van der Waals surface area contributed by atoms with Gasteiger partial charge < -0.3 is 14.6 Å². The summed E-state index contributed by atoms with van der Waals surface area (Å²) in [6.45, 7) is 4.73. The second-order valence-electron chi connectivity index (χ2n) is 11.1. The maximum absolute atomic E-state index is 13.7. The van der Waals surface area contributed by atoms with Gasteiger partial charge in [-0.15, -0.1) is 0 Å². The molecule has 1 aromatic carbocycles. The second-order valence-corrected chi connectivity index (χ2v) is 11.1. The van der Waals surface area contributed by atoms with Crippen LogP contribution in [-0.2, 0) is 17.4 Å². The number of halogens is 3. The first kappa shape index (κ1) is 26.8. The minimum absolute atomic E-state index is 0.0222. The highest BCUT2D eigenvalue weighted by Gasteiger charge is 2.44. The molecule has 2 aromatic rings. The van der Waals surface area contributed by atoms with Crippen molar-refractivity contribution in [2.45, 2.75) is 76.1 Å². The van der Waals surface area contributed by atoms with Crippen molar-refractivity contribution in [3.63, 3.8) is 0 Å². The van der Waals surface area contributed by atoms with Crippen LogP contribution in [0.2, 0.25) is 0 Å². The maximum Gasteiger partial charge on any atom is 0.418 e. The van der Waals surface area contributed by atoms with Gasteiger partial charge in [-0.25, -0.2) is 4.98 Å². The number of carboxylic acid groups (broad SMARTS) is 1. The van der Waals surface area contributed by atoms with Gasteiger partial charge in [-0.3, -0.25) is 9.69 Å². The van der Waals surface area contributed by atoms with Crippen molar-refractivity contribution in [3.05, 3.63) is 52.7 Å². The van der Waals surface area contributed by atoms with E-state index in [2.05, 4.69) is 17.1 Å². The van der Waals surface area contributed by atoms with E-state index in [0.717, 1.165) is 48.6 Å². The molecule has 9 heteroatoms. The van der Waals surface area contributed by atoms with Crippen molar-refractivity contribution < 1.29 is 32.5 Å². The van der Waals surface area contributed by atoms with Crippen LogP contribution in [0.4, 0.5) is 13.2 Å². The Hall–Kier alpha value is -2.81. The molecule has 6 nitrogen and oxygen atoms in total. The molecule has 38 heavy (non-hydrogen) atoms. The summed E-state index contributed by atoms with van der Waals surface area (Å²) in [6.07, 6.45) is 0.721. The third kappa shape index (κ3) is 5.22. The van der Waals surface area contributed by atoms with E-state index in [9.17, 15) is 23.1 Å². The minimum atomic E-state index is -4.50. The number of hydrogen-bond acceptors (Lipinski definition) is 5. The van der Waals surface area contributed by atoms with Crippen LogP contribution in [0.1, 0.15) is 80.3 Å². The molecule has 1 aliphatic carbocycles. The van der Waals surface area contributed by atoms with Gasteiger partial charge >= 0.3 is 12.1 Å². The van der Waals surface area contributed by atoms with Crippen molar-refractivity contribution in [1.82, 2.24) is 9.88 Å². The molecule has 3 aliphatic rings. The van der Waals surface area contributed by atoms with Crippen molar-refractivity contribution in [3.8, 4) is 11.6 Å². The molecule has 1 spiro atoms. The van der Waals surface area contributed by atoms with Crippen LogP contribution in [0.15, 0.2) is 30.3 Å². The number of piperidine rings is 1. The highest BCUT2D eigenvalue weighted by molar-refractivity contribution is 5.71. The van der Waals surface area contributed by atoms with Gasteiger partial charge in [-0.1, -0.05) is 19.1 Å². The van der Waals surface area contributed by atoms with Crippen molar-refractivity contribution >= 4 is 5.97 Å². The number of aryl methyl sites for hydroxylation is 1. The zero-order valence-electron chi connectivity index (χ0n) is 22.1. The van der Waals surface area contributed by atoms with Gasteiger partial charge in [0, 0.05) is 25.2 Å². The molecule has 2 aliphatic heterocycles.